The summed E-state index contributed by atoms with van der Waals surface area (Å²) in [4.78, 5) is 44.7. The van der Waals surface area contributed by atoms with E-state index in [-0.39, 0.29) is 35.6 Å². The first-order valence-electron chi connectivity index (χ1n) is 12.4. The van der Waals surface area contributed by atoms with E-state index >= 15 is 0 Å². The molecule has 1 fully saturated rings. The van der Waals surface area contributed by atoms with Gasteiger partial charge in [0.2, 0.25) is 5.95 Å². The second kappa shape index (κ2) is 10.5. The van der Waals surface area contributed by atoms with Crippen LogP contribution in [0.5, 0.6) is 0 Å². The summed E-state index contributed by atoms with van der Waals surface area (Å²) < 4.78 is 5.01. The minimum absolute atomic E-state index is 0.00226. The second-order valence-corrected chi connectivity index (χ2v) is 10.4. The van der Waals surface area contributed by atoms with Crippen molar-refractivity contribution in [2.24, 2.45) is 12.8 Å². The lowest BCUT2D eigenvalue weighted by atomic mass is 9.91. The summed E-state index contributed by atoms with van der Waals surface area (Å²) in [5.74, 6) is 0.162. The highest BCUT2D eigenvalue weighted by molar-refractivity contribution is 9.10. The number of carbonyl (C=O) groups excluding carboxylic acids is 1. The van der Waals surface area contributed by atoms with Crippen molar-refractivity contribution in [2.45, 2.75) is 50.9 Å². The maximum Gasteiger partial charge on any atom is 0.332 e. The van der Waals surface area contributed by atoms with Crippen LogP contribution in [-0.4, -0.2) is 36.6 Å². The predicted octanol–water partition coefficient (Wildman–Crippen LogP) is 3.27. The number of fused-ring (bicyclic) bond motifs is 1. The molecule has 37 heavy (non-hydrogen) atoms. The maximum atomic E-state index is 13.8. The van der Waals surface area contributed by atoms with Gasteiger partial charge in [0, 0.05) is 29.2 Å². The molecule has 0 radical (unpaired) electrons. The van der Waals surface area contributed by atoms with E-state index in [2.05, 4.69) is 21.2 Å². The fraction of sp³-hybridized carbons (Fsp3) is 0.333. The van der Waals surface area contributed by atoms with Gasteiger partial charge in [0.25, 0.3) is 5.56 Å². The van der Waals surface area contributed by atoms with Gasteiger partial charge in [-0.3, -0.25) is 23.3 Å². The van der Waals surface area contributed by atoms with Crippen LogP contribution in [0, 0.1) is 0 Å². The van der Waals surface area contributed by atoms with Gasteiger partial charge in [-0.15, -0.1) is 0 Å². The summed E-state index contributed by atoms with van der Waals surface area (Å²) >= 11 is 3.60. The minimum Gasteiger partial charge on any atom is -0.351 e. The molecule has 0 amide bonds. The molecule has 2 atom stereocenters. The van der Waals surface area contributed by atoms with E-state index in [0.29, 0.717) is 18.1 Å². The summed E-state index contributed by atoms with van der Waals surface area (Å²) in [6.45, 7) is -0.0236. The van der Waals surface area contributed by atoms with Gasteiger partial charge in [-0.1, -0.05) is 77.3 Å². The highest BCUT2D eigenvalue weighted by atomic mass is 79.9. The number of carbonyl (C=O) groups is 1. The van der Waals surface area contributed by atoms with Gasteiger partial charge >= 0.3 is 5.69 Å². The predicted molar refractivity (Wildman–Crippen MR) is 147 cm³/mol. The molecule has 2 aromatic carbocycles. The molecule has 10 heteroatoms. The van der Waals surface area contributed by atoms with Crippen molar-refractivity contribution in [1.29, 1.82) is 0 Å². The average molecular weight is 565 g/mol. The van der Waals surface area contributed by atoms with E-state index in [0.717, 1.165) is 40.3 Å². The number of nitrogens with zero attached hydrogens (tertiary/aromatic N) is 4. The van der Waals surface area contributed by atoms with Crippen LogP contribution < -0.4 is 22.3 Å². The molecule has 0 spiro atoms. The van der Waals surface area contributed by atoms with Crippen molar-refractivity contribution < 1.29 is 4.79 Å². The number of nitrogens with two attached hydrogens (primary N) is 1. The number of hydrogen-bond donors (Lipinski definition) is 2. The van der Waals surface area contributed by atoms with Crippen molar-refractivity contribution in [1.82, 2.24) is 18.7 Å². The number of ketones is 1. The number of anilines is 1. The Bertz CT molecular complexity index is 1570. The van der Waals surface area contributed by atoms with Crippen molar-refractivity contribution in [3.05, 3.63) is 91.0 Å². The number of Topliss-reactive ketones (excluding diaryl/α,β-unsaturated/α-hetero) is 1. The van der Waals surface area contributed by atoms with Crippen molar-refractivity contribution in [2.75, 3.05) is 5.32 Å². The van der Waals surface area contributed by atoms with Gasteiger partial charge in [-0.2, -0.15) is 4.98 Å². The van der Waals surface area contributed by atoms with Crippen LogP contribution in [0.3, 0.4) is 0 Å². The lowest BCUT2D eigenvalue weighted by Gasteiger charge is -2.29. The molecule has 0 bridgehead atoms. The number of benzene rings is 2. The van der Waals surface area contributed by atoms with Crippen LogP contribution in [0.15, 0.2) is 68.7 Å². The normalized spacial score (nSPS) is 17.7. The molecule has 3 N–H and O–H groups in total. The Kier molecular flexibility index (Phi) is 7.12. The monoisotopic (exact) mass is 564 g/mol. The smallest absolute Gasteiger partial charge is 0.332 e. The highest BCUT2D eigenvalue weighted by Crippen LogP contribution is 2.25. The number of nitrogens with one attached hydrogen (secondary N) is 1. The molecule has 0 saturated heterocycles. The Morgan fingerprint density at radius 1 is 1.05 bits per heavy atom. The largest absolute Gasteiger partial charge is 0.351 e. The Hall–Kier alpha value is -3.50. The van der Waals surface area contributed by atoms with E-state index < -0.39 is 11.2 Å². The molecule has 4 aromatic rings. The summed E-state index contributed by atoms with van der Waals surface area (Å²) in [5.41, 5.74) is 7.15. The number of halogens is 1. The van der Waals surface area contributed by atoms with Crippen LogP contribution in [-0.2, 0) is 20.1 Å². The second-order valence-electron chi connectivity index (χ2n) is 9.51. The number of imidazole rings is 1. The van der Waals surface area contributed by atoms with E-state index in [1.54, 1.807) is 41.9 Å². The third-order valence-corrected chi connectivity index (χ3v) is 7.82. The fourth-order valence-corrected chi connectivity index (χ4v) is 5.35. The maximum absolute atomic E-state index is 13.8. The highest BCUT2D eigenvalue weighted by Gasteiger charge is 2.27. The van der Waals surface area contributed by atoms with Crippen LogP contribution in [0.4, 0.5) is 5.95 Å². The lowest BCUT2D eigenvalue weighted by molar-refractivity contribution is 0.0969. The minimum atomic E-state index is -0.590. The molecule has 2 heterocycles. The first-order valence-corrected chi connectivity index (χ1v) is 13.2. The lowest BCUT2D eigenvalue weighted by Crippen LogP contribution is -2.43. The van der Waals surface area contributed by atoms with Gasteiger partial charge in [-0.05, 0) is 24.5 Å². The Balaban J connectivity index is 1.66. The molecule has 0 aliphatic heterocycles. The number of hydrogen-bond acceptors (Lipinski definition) is 6. The number of aryl methyl sites for hydroxylation is 1. The zero-order valence-corrected chi connectivity index (χ0v) is 22.1. The topological polar surface area (TPSA) is 117 Å². The molecule has 1 saturated carbocycles. The molecular formula is C27H29BrN6O3. The van der Waals surface area contributed by atoms with Crippen LogP contribution in [0.25, 0.3) is 11.2 Å². The standard InChI is InChI=1S/C27H29BrN6O3/c1-32-24-23(25(36)34(27(32)37)16-22(35)17-9-3-2-4-10-17)33(15-18-11-5-6-12-19(18)28)26(31-24)30-21-14-8-7-13-20(21)29/h2-6,9-12,20-21H,7-8,13-16,29H2,1H3,(H,30,31)/t20-,21+/m1/s1. The van der Waals surface area contributed by atoms with Crippen LogP contribution in [0.1, 0.15) is 41.6 Å². The molecule has 5 rings (SSSR count). The van der Waals surface area contributed by atoms with Gasteiger partial charge in [0.05, 0.1) is 13.1 Å². The molecule has 192 valence electrons. The Labute approximate surface area is 222 Å². The first-order chi connectivity index (χ1) is 17.8. The first kappa shape index (κ1) is 25.2. The number of rotatable bonds is 7. The van der Waals surface area contributed by atoms with Gasteiger partial charge in [0.1, 0.15) is 0 Å². The quantitative estimate of drug-likeness (QED) is 0.333. The van der Waals surface area contributed by atoms with E-state index in [4.69, 9.17) is 10.7 Å². The summed E-state index contributed by atoms with van der Waals surface area (Å²) in [6, 6.07) is 16.4. The zero-order chi connectivity index (χ0) is 26.1. The Morgan fingerprint density at radius 2 is 1.76 bits per heavy atom. The number of aromatic nitrogens is 4. The van der Waals surface area contributed by atoms with Crippen molar-refractivity contribution in [3.63, 3.8) is 0 Å². The van der Waals surface area contributed by atoms with Crippen LogP contribution in [0.2, 0.25) is 0 Å². The molecule has 1 aliphatic rings. The molecule has 9 nitrogen and oxygen atoms in total. The third-order valence-electron chi connectivity index (χ3n) is 7.05. The SMILES string of the molecule is Cn1c(=O)n(CC(=O)c2ccccc2)c(=O)c2c1nc(N[C@H]1CCCC[C@H]1N)n2Cc1ccccc1Br. The summed E-state index contributed by atoms with van der Waals surface area (Å²) in [7, 11) is 1.57. The van der Waals surface area contributed by atoms with E-state index in [9.17, 15) is 14.4 Å². The molecular weight excluding hydrogens is 536 g/mol. The molecule has 2 aromatic heterocycles. The van der Waals surface area contributed by atoms with E-state index in [1.807, 2.05) is 24.3 Å². The third kappa shape index (κ3) is 4.91. The van der Waals surface area contributed by atoms with Crippen molar-refractivity contribution in [3.8, 4) is 0 Å². The van der Waals surface area contributed by atoms with Gasteiger partial charge in [0.15, 0.2) is 16.9 Å². The van der Waals surface area contributed by atoms with E-state index in [1.165, 1.54) is 4.57 Å². The molecule has 1 aliphatic carbocycles. The Morgan fingerprint density at radius 3 is 2.49 bits per heavy atom. The molecule has 0 unspecified atom stereocenters. The van der Waals surface area contributed by atoms with Gasteiger partial charge in [-0.25, -0.2) is 4.79 Å². The van der Waals surface area contributed by atoms with Crippen LogP contribution >= 0.6 is 15.9 Å². The van der Waals surface area contributed by atoms with Gasteiger partial charge < -0.3 is 11.1 Å². The fourth-order valence-electron chi connectivity index (χ4n) is 4.94. The summed E-state index contributed by atoms with van der Waals surface area (Å²) in [6.07, 6.45) is 3.95. The van der Waals surface area contributed by atoms with Crippen molar-refractivity contribution >= 4 is 38.8 Å². The zero-order valence-electron chi connectivity index (χ0n) is 20.6. The summed E-state index contributed by atoms with van der Waals surface area (Å²) in [5, 5.41) is 3.47. The average Bonchev–Trinajstić information content (AvgIpc) is 3.26.